The van der Waals surface area contributed by atoms with Gasteiger partial charge in [-0.3, -0.25) is 0 Å². The molecule has 3 nitrogen and oxygen atoms in total. The second-order valence-corrected chi connectivity index (χ2v) is 4.80. The number of benzene rings is 1. The van der Waals surface area contributed by atoms with E-state index >= 15 is 0 Å². The van der Waals surface area contributed by atoms with Gasteiger partial charge in [-0.2, -0.15) is 0 Å². The highest BCUT2D eigenvalue weighted by molar-refractivity contribution is 6.33. The smallest absolute Gasteiger partial charge is 0.131 e. The Labute approximate surface area is 114 Å². The molecule has 3 aromatic rings. The molecule has 0 unspecified atom stereocenters. The van der Waals surface area contributed by atoms with Crippen LogP contribution in [0.15, 0.2) is 36.9 Å². The summed E-state index contributed by atoms with van der Waals surface area (Å²) >= 11 is 12.2. The second-order valence-electron chi connectivity index (χ2n) is 4.00. The van der Waals surface area contributed by atoms with Gasteiger partial charge in [-0.25, -0.2) is 9.97 Å². The highest BCUT2D eigenvalue weighted by Gasteiger charge is 2.10. The van der Waals surface area contributed by atoms with Crippen molar-refractivity contribution in [3.8, 4) is 5.69 Å². The molecule has 90 valence electrons. The van der Waals surface area contributed by atoms with Gasteiger partial charge in [-0.1, -0.05) is 23.2 Å². The quantitative estimate of drug-likeness (QED) is 0.629. The first kappa shape index (κ1) is 11.5. The van der Waals surface area contributed by atoms with E-state index in [9.17, 15) is 0 Å². The molecule has 0 fully saturated rings. The number of nitrogens with zero attached hydrogens (tertiary/aromatic N) is 3. The third kappa shape index (κ3) is 1.76. The van der Waals surface area contributed by atoms with Crippen LogP contribution >= 0.6 is 23.2 Å². The zero-order valence-electron chi connectivity index (χ0n) is 9.56. The van der Waals surface area contributed by atoms with Crippen LogP contribution in [0.25, 0.3) is 16.6 Å². The Morgan fingerprint density at radius 3 is 2.78 bits per heavy atom. The van der Waals surface area contributed by atoms with Crippen LogP contribution in [0.3, 0.4) is 0 Å². The first-order valence-electron chi connectivity index (χ1n) is 5.40. The molecule has 0 aliphatic rings. The summed E-state index contributed by atoms with van der Waals surface area (Å²) in [5.74, 6) is 0. The van der Waals surface area contributed by atoms with Gasteiger partial charge in [0.1, 0.15) is 5.15 Å². The average molecular weight is 278 g/mol. The highest BCUT2D eigenvalue weighted by atomic mass is 35.5. The Bertz CT molecular complexity index is 721. The lowest BCUT2D eigenvalue weighted by Gasteiger charge is -2.10. The largest absolute Gasteiger partial charge is 0.306 e. The molecule has 0 atom stereocenters. The summed E-state index contributed by atoms with van der Waals surface area (Å²) in [6.45, 7) is 1.94. The van der Waals surface area contributed by atoms with E-state index in [0.717, 1.165) is 22.2 Å². The highest BCUT2D eigenvalue weighted by Crippen LogP contribution is 2.29. The third-order valence-corrected chi connectivity index (χ3v) is 3.50. The lowest BCUT2D eigenvalue weighted by atomic mass is 10.1. The van der Waals surface area contributed by atoms with Crippen molar-refractivity contribution in [2.75, 3.05) is 0 Å². The maximum atomic E-state index is 6.12. The minimum absolute atomic E-state index is 0.441. The van der Waals surface area contributed by atoms with Crippen molar-refractivity contribution in [2.45, 2.75) is 6.92 Å². The predicted molar refractivity (Wildman–Crippen MR) is 73.6 cm³/mol. The van der Waals surface area contributed by atoms with Gasteiger partial charge in [-0.05, 0) is 24.6 Å². The van der Waals surface area contributed by atoms with Crippen molar-refractivity contribution >= 4 is 34.1 Å². The monoisotopic (exact) mass is 277 g/mol. The van der Waals surface area contributed by atoms with Crippen molar-refractivity contribution in [1.82, 2.24) is 14.5 Å². The van der Waals surface area contributed by atoms with Crippen LogP contribution in [0.4, 0.5) is 0 Å². The minimum atomic E-state index is 0.441. The number of hydrogen-bond acceptors (Lipinski definition) is 2. The van der Waals surface area contributed by atoms with Crippen molar-refractivity contribution in [3.05, 3.63) is 52.7 Å². The summed E-state index contributed by atoms with van der Waals surface area (Å²) in [5.41, 5.74) is 2.69. The van der Waals surface area contributed by atoms with E-state index in [1.54, 1.807) is 12.5 Å². The van der Waals surface area contributed by atoms with E-state index in [-0.39, 0.29) is 0 Å². The van der Waals surface area contributed by atoms with Crippen LogP contribution in [-0.4, -0.2) is 14.5 Å². The number of halogens is 2. The Kier molecular flexibility index (Phi) is 2.73. The van der Waals surface area contributed by atoms with Crippen LogP contribution in [-0.2, 0) is 0 Å². The van der Waals surface area contributed by atoms with Crippen LogP contribution in [0.1, 0.15) is 5.56 Å². The zero-order chi connectivity index (χ0) is 12.7. The van der Waals surface area contributed by atoms with Gasteiger partial charge in [0.2, 0.25) is 0 Å². The molecule has 0 amide bonds. The Morgan fingerprint density at radius 1 is 1.22 bits per heavy atom. The first-order valence-corrected chi connectivity index (χ1v) is 6.16. The topological polar surface area (TPSA) is 30.7 Å². The number of pyridine rings is 1. The summed E-state index contributed by atoms with van der Waals surface area (Å²) in [7, 11) is 0. The third-order valence-electron chi connectivity index (χ3n) is 2.90. The van der Waals surface area contributed by atoms with Crippen molar-refractivity contribution in [1.29, 1.82) is 0 Å². The molecule has 1 aromatic carbocycles. The van der Waals surface area contributed by atoms with Crippen molar-refractivity contribution < 1.29 is 0 Å². The summed E-state index contributed by atoms with van der Waals surface area (Å²) in [4.78, 5) is 8.40. The first-order chi connectivity index (χ1) is 8.66. The van der Waals surface area contributed by atoms with Crippen LogP contribution < -0.4 is 0 Å². The molecule has 2 heterocycles. The van der Waals surface area contributed by atoms with Crippen LogP contribution in [0.2, 0.25) is 10.2 Å². The molecule has 0 aliphatic carbocycles. The summed E-state index contributed by atoms with van der Waals surface area (Å²) in [6, 6.07) is 5.64. The molecule has 5 heteroatoms. The molecule has 18 heavy (non-hydrogen) atoms. The van der Waals surface area contributed by atoms with E-state index < -0.39 is 0 Å². The molecule has 0 spiro atoms. The number of imidazole rings is 1. The number of fused-ring (bicyclic) bond motifs is 1. The van der Waals surface area contributed by atoms with Crippen LogP contribution in [0.5, 0.6) is 0 Å². The van der Waals surface area contributed by atoms with Gasteiger partial charge < -0.3 is 4.57 Å². The molecular formula is C13H9Cl2N3. The van der Waals surface area contributed by atoms with Gasteiger partial charge in [0.15, 0.2) is 0 Å². The number of hydrogen-bond donors (Lipinski definition) is 0. The molecular weight excluding hydrogens is 269 g/mol. The Balaban J connectivity index is 2.43. The SMILES string of the molecule is Cc1c(Cl)ccc2c(-n3ccnc3)cc(Cl)nc12. The molecule has 0 N–H and O–H groups in total. The average Bonchev–Trinajstić information content (AvgIpc) is 2.87. The Morgan fingerprint density at radius 2 is 2.06 bits per heavy atom. The van der Waals surface area contributed by atoms with Gasteiger partial charge in [-0.15, -0.1) is 0 Å². The van der Waals surface area contributed by atoms with Gasteiger partial charge in [0.05, 0.1) is 17.5 Å². The van der Waals surface area contributed by atoms with Crippen molar-refractivity contribution in [3.63, 3.8) is 0 Å². The zero-order valence-corrected chi connectivity index (χ0v) is 11.1. The fourth-order valence-corrected chi connectivity index (χ4v) is 2.31. The molecule has 0 bridgehead atoms. The van der Waals surface area contributed by atoms with E-state index in [1.165, 1.54) is 0 Å². The van der Waals surface area contributed by atoms with Crippen LogP contribution in [0, 0.1) is 6.92 Å². The van der Waals surface area contributed by atoms with Gasteiger partial charge in [0.25, 0.3) is 0 Å². The number of aromatic nitrogens is 3. The summed E-state index contributed by atoms with van der Waals surface area (Å²) in [5, 5.41) is 2.13. The van der Waals surface area contributed by atoms with Crippen molar-refractivity contribution in [2.24, 2.45) is 0 Å². The number of rotatable bonds is 1. The van der Waals surface area contributed by atoms with E-state index in [2.05, 4.69) is 9.97 Å². The molecule has 0 aliphatic heterocycles. The van der Waals surface area contributed by atoms with E-state index in [4.69, 9.17) is 23.2 Å². The summed E-state index contributed by atoms with van der Waals surface area (Å²) in [6.07, 6.45) is 5.33. The maximum Gasteiger partial charge on any atom is 0.131 e. The maximum absolute atomic E-state index is 6.12. The standard InChI is InChI=1S/C13H9Cl2N3/c1-8-10(14)3-2-9-11(18-5-4-16-7-18)6-12(15)17-13(8)9/h2-7H,1H3. The second kappa shape index (κ2) is 4.26. The summed E-state index contributed by atoms with van der Waals surface area (Å²) < 4.78 is 1.91. The lowest BCUT2D eigenvalue weighted by molar-refractivity contribution is 1.06. The van der Waals surface area contributed by atoms with Gasteiger partial charge >= 0.3 is 0 Å². The number of aryl methyl sites for hydroxylation is 1. The predicted octanol–water partition coefficient (Wildman–Crippen LogP) is 4.04. The molecule has 2 aromatic heterocycles. The molecule has 3 rings (SSSR count). The fourth-order valence-electron chi connectivity index (χ4n) is 1.97. The lowest BCUT2D eigenvalue weighted by Crippen LogP contribution is -1.95. The fraction of sp³-hybridized carbons (Fsp3) is 0.0769. The minimum Gasteiger partial charge on any atom is -0.306 e. The van der Waals surface area contributed by atoms with Gasteiger partial charge in [0, 0.05) is 28.9 Å². The van der Waals surface area contributed by atoms with E-state index in [1.807, 2.05) is 35.9 Å². The van der Waals surface area contributed by atoms with E-state index in [0.29, 0.717) is 10.2 Å². The normalized spacial score (nSPS) is 11.1. The molecule has 0 saturated heterocycles. The Hall–Kier alpha value is -1.58. The molecule has 0 saturated carbocycles. The molecule has 0 radical (unpaired) electrons.